The lowest BCUT2D eigenvalue weighted by Gasteiger charge is -2.50. The number of aliphatic hydroxyl groups excluding tert-OH is 1. The van der Waals surface area contributed by atoms with Crippen molar-refractivity contribution < 1.29 is 24.2 Å². The van der Waals surface area contributed by atoms with Crippen LogP contribution in [0.4, 0.5) is 0 Å². The van der Waals surface area contributed by atoms with Gasteiger partial charge in [0.25, 0.3) is 0 Å². The minimum Gasteiger partial charge on any atom is -0.497 e. The molecule has 1 amide bonds. The molecule has 2 saturated carbocycles. The third-order valence-corrected chi connectivity index (χ3v) is 7.61. The van der Waals surface area contributed by atoms with Gasteiger partial charge in [-0.2, -0.15) is 0 Å². The third-order valence-electron chi connectivity index (χ3n) is 7.61. The molecule has 7 unspecified atom stereocenters. The van der Waals surface area contributed by atoms with Gasteiger partial charge in [-0.1, -0.05) is 13.0 Å². The molecule has 0 aliphatic heterocycles. The van der Waals surface area contributed by atoms with E-state index in [4.69, 9.17) is 9.47 Å². The number of benzene rings is 1. The topological polar surface area (TPSA) is 84.9 Å². The Morgan fingerprint density at radius 3 is 2.66 bits per heavy atom. The lowest BCUT2D eigenvalue weighted by Crippen LogP contribution is -2.49. The quantitative estimate of drug-likeness (QED) is 0.761. The maximum absolute atomic E-state index is 11.8. The molecule has 29 heavy (non-hydrogen) atoms. The third kappa shape index (κ3) is 3.21. The number of hydrogen-bond donors (Lipinski definition) is 2. The van der Waals surface area contributed by atoms with Crippen molar-refractivity contribution >= 4 is 11.9 Å². The second kappa shape index (κ2) is 7.31. The van der Waals surface area contributed by atoms with Gasteiger partial charge >= 0.3 is 5.97 Å². The number of hydrogen-bond acceptors (Lipinski definition) is 5. The van der Waals surface area contributed by atoms with Crippen molar-refractivity contribution in [1.82, 2.24) is 5.32 Å². The monoisotopic (exact) mass is 401 g/mol. The molecule has 1 aromatic rings. The molecule has 0 aromatic heterocycles. The lowest BCUT2D eigenvalue weighted by molar-refractivity contribution is -0.157. The number of carbonyl (C=O) groups is 2. The maximum atomic E-state index is 11.8. The Morgan fingerprint density at radius 2 is 2.00 bits per heavy atom. The molecule has 0 spiro atoms. The number of ether oxygens (including phenoxy) is 2. The van der Waals surface area contributed by atoms with Gasteiger partial charge in [0.05, 0.1) is 19.3 Å². The van der Waals surface area contributed by atoms with Crippen molar-refractivity contribution in [3.63, 3.8) is 0 Å². The molecule has 6 heteroatoms. The summed E-state index contributed by atoms with van der Waals surface area (Å²) in [6, 6.07) is 5.75. The van der Waals surface area contributed by atoms with Crippen molar-refractivity contribution in [3.8, 4) is 5.75 Å². The van der Waals surface area contributed by atoms with Crippen LogP contribution in [0.2, 0.25) is 0 Å². The SMILES string of the molecule is COc1ccc2c(c1)CCC1C2CCC2(C)C(OC(C)=O)C(NC(C)=O)C(O)C12. The summed E-state index contributed by atoms with van der Waals surface area (Å²) in [6.45, 7) is 4.95. The van der Waals surface area contributed by atoms with E-state index in [1.54, 1.807) is 7.11 Å². The summed E-state index contributed by atoms with van der Waals surface area (Å²) >= 11 is 0. The number of nitrogens with one attached hydrogen (secondary N) is 1. The second-order valence-corrected chi connectivity index (χ2v) is 9.19. The Bertz CT molecular complexity index is 823. The maximum Gasteiger partial charge on any atom is 0.302 e. The molecule has 7 atom stereocenters. The van der Waals surface area contributed by atoms with E-state index in [-0.39, 0.29) is 23.2 Å². The van der Waals surface area contributed by atoms with Crippen molar-refractivity contribution in [2.75, 3.05) is 7.11 Å². The van der Waals surface area contributed by atoms with E-state index in [1.807, 2.05) is 6.07 Å². The fourth-order valence-electron chi connectivity index (χ4n) is 6.53. The first-order valence-electron chi connectivity index (χ1n) is 10.6. The van der Waals surface area contributed by atoms with E-state index in [1.165, 1.54) is 25.0 Å². The van der Waals surface area contributed by atoms with Crippen LogP contribution in [0.1, 0.15) is 57.1 Å². The van der Waals surface area contributed by atoms with Gasteiger partial charge < -0.3 is 19.9 Å². The Labute approximate surface area is 172 Å². The van der Waals surface area contributed by atoms with Gasteiger partial charge in [-0.25, -0.2) is 0 Å². The first-order valence-corrected chi connectivity index (χ1v) is 10.6. The number of rotatable bonds is 3. The number of methoxy groups -OCH3 is 1. The molecule has 0 saturated heterocycles. The molecule has 4 rings (SSSR count). The summed E-state index contributed by atoms with van der Waals surface area (Å²) < 4.78 is 11.1. The molecule has 3 aliphatic rings. The van der Waals surface area contributed by atoms with Gasteiger partial charge in [-0.05, 0) is 66.7 Å². The summed E-state index contributed by atoms with van der Waals surface area (Å²) in [6.07, 6.45) is 2.49. The molecule has 0 bridgehead atoms. The molecule has 0 heterocycles. The summed E-state index contributed by atoms with van der Waals surface area (Å²) in [5.41, 5.74) is 2.32. The molecular weight excluding hydrogens is 370 g/mol. The zero-order valence-electron chi connectivity index (χ0n) is 17.6. The molecule has 158 valence electrons. The Balaban J connectivity index is 1.70. The number of esters is 1. The van der Waals surface area contributed by atoms with E-state index in [0.29, 0.717) is 11.8 Å². The first kappa shape index (κ1) is 20.2. The molecule has 6 nitrogen and oxygen atoms in total. The largest absolute Gasteiger partial charge is 0.497 e. The van der Waals surface area contributed by atoms with Crippen molar-refractivity contribution in [1.29, 1.82) is 0 Å². The fourth-order valence-corrected chi connectivity index (χ4v) is 6.53. The molecule has 2 N–H and O–H groups in total. The summed E-state index contributed by atoms with van der Waals surface area (Å²) in [5.74, 6) is 0.920. The number of fused-ring (bicyclic) bond motifs is 5. The van der Waals surface area contributed by atoms with E-state index in [0.717, 1.165) is 31.4 Å². The lowest BCUT2D eigenvalue weighted by atomic mass is 9.55. The zero-order valence-corrected chi connectivity index (χ0v) is 17.6. The normalized spacial score (nSPS) is 37.7. The van der Waals surface area contributed by atoms with Crippen LogP contribution in [0, 0.1) is 17.3 Å². The first-order chi connectivity index (χ1) is 13.8. The Morgan fingerprint density at radius 1 is 1.24 bits per heavy atom. The number of amides is 1. The highest BCUT2D eigenvalue weighted by molar-refractivity contribution is 5.73. The number of aliphatic hydroxyl groups is 1. The molecular formula is C23H31NO5. The van der Waals surface area contributed by atoms with Gasteiger partial charge in [-0.15, -0.1) is 0 Å². The predicted molar refractivity (Wildman–Crippen MR) is 108 cm³/mol. The molecule has 3 aliphatic carbocycles. The van der Waals surface area contributed by atoms with Gasteiger partial charge in [0.15, 0.2) is 0 Å². The van der Waals surface area contributed by atoms with E-state index in [9.17, 15) is 14.7 Å². The molecule has 1 aromatic carbocycles. The minimum atomic E-state index is -0.735. The number of carbonyl (C=O) groups excluding carboxylic acids is 2. The van der Waals surface area contributed by atoms with Crippen LogP contribution in [-0.2, 0) is 20.7 Å². The van der Waals surface area contributed by atoms with E-state index in [2.05, 4.69) is 24.4 Å². The summed E-state index contributed by atoms with van der Waals surface area (Å²) in [7, 11) is 1.69. The van der Waals surface area contributed by atoms with Crippen LogP contribution in [0.15, 0.2) is 18.2 Å². The van der Waals surface area contributed by atoms with E-state index < -0.39 is 18.2 Å². The molecule has 2 fully saturated rings. The van der Waals surface area contributed by atoms with Crippen molar-refractivity contribution in [2.24, 2.45) is 17.3 Å². The predicted octanol–water partition coefficient (Wildman–Crippen LogP) is 2.57. The Hall–Kier alpha value is -2.08. The second-order valence-electron chi connectivity index (χ2n) is 9.19. The molecule has 0 radical (unpaired) electrons. The highest BCUT2D eigenvalue weighted by Crippen LogP contribution is 2.61. The van der Waals surface area contributed by atoms with E-state index >= 15 is 0 Å². The van der Waals surface area contributed by atoms with Crippen LogP contribution >= 0.6 is 0 Å². The number of aryl methyl sites for hydroxylation is 1. The smallest absolute Gasteiger partial charge is 0.302 e. The van der Waals surface area contributed by atoms with Gasteiger partial charge in [0.1, 0.15) is 11.9 Å². The average molecular weight is 402 g/mol. The van der Waals surface area contributed by atoms with Crippen LogP contribution in [0.5, 0.6) is 5.75 Å². The summed E-state index contributed by atoms with van der Waals surface area (Å²) in [4.78, 5) is 23.7. The van der Waals surface area contributed by atoms with Crippen LogP contribution in [-0.4, -0.2) is 42.3 Å². The van der Waals surface area contributed by atoms with Gasteiger partial charge in [0.2, 0.25) is 5.91 Å². The van der Waals surface area contributed by atoms with Crippen LogP contribution in [0.25, 0.3) is 0 Å². The summed E-state index contributed by atoms with van der Waals surface area (Å²) in [5, 5.41) is 14.2. The standard InChI is InChI=1S/C23H31NO5/c1-12(25)24-20-21(27)19-18-7-5-14-11-15(28-4)6-8-16(14)17(18)9-10-23(19,3)22(20)29-13(2)26/h6,8,11,17-22,27H,5,7,9-10H2,1-4H3,(H,24,25). The van der Waals surface area contributed by atoms with Gasteiger partial charge in [-0.3, -0.25) is 9.59 Å². The highest BCUT2D eigenvalue weighted by atomic mass is 16.5. The van der Waals surface area contributed by atoms with Crippen LogP contribution < -0.4 is 10.1 Å². The van der Waals surface area contributed by atoms with Crippen molar-refractivity contribution in [2.45, 2.75) is 70.6 Å². The fraction of sp³-hybridized carbons (Fsp3) is 0.652. The van der Waals surface area contributed by atoms with Gasteiger partial charge in [0, 0.05) is 19.3 Å². The van der Waals surface area contributed by atoms with Crippen LogP contribution in [0.3, 0.4) is 0 Å². The highest BCUT2D eigenvalue weighted by Gasteiger charge is 2.64. The van der Waals surface area contributed by atoms with Crippen molar-refractivity contribution in [3.05, 3.63) is 29.3 Å². The average Bonchev–Trinajstić information content (AvgIpc) is 2.87. The zero-order chi connectivity index (χ0) is 20.9. The Kier molecular flexibility index (Phi) is 5.09. The minimum absolute atomic E-state index is 0.0299.